The van der Waals surface area contributed by atoms with E-state index < -0.39 is 0 Å². The molecule has 19 heavy (non-hydrogen) atoms. The van der Waals surface area contributed by atoms with Crippen LogP contribution in [-0.2, 0) is 0 Å². The minimum Gasteiger partial charge on any atom is -0.369 e. The zero-order chi connectivity index (χ0) is 13.1. The Kier molecular flexibility index (Phi) is 3.65. The van der Waals surface area contributed by atoms with Gasteiger partial charge in [-0.25, -0.2) is 0 Å². The summed E-state index contributed by atoms with van der Waals surface area (Å²) in [7, 11) is 2.19. The number of hydrogen-bond donors (Lipinski definition) is 0. The molecular formula is C16H21N3. The lowest BCUT2D eigenvalue weighted by molar-refractivity contribution is 0.313. The summed E-state index contributed by atoms with van der Waals surface area (Å²) in [6.07, 6.45) is 5.12. The zero-order valence-electron chi connectivity index (χ0n) is 11.5. The summed E-state index contributed by atoms with van der Waals surface area (Å²) < 4.78 is 0. The highest BCUT2D eigenvalue weighted by Gasteiger charge is 2.14. The molecule has 0 aromatic heterocycles. The first-order chi connectivity index (χ1) is 9.33. The zero-order valence-corrected chi connectivity index (χ0v) is 11.5. The number of rotatable bonds is 2. The smallest absolute Gasteiger partial charge is 0.0429 e. The molecule has 3 nitrogen and oxygen atoms in total. The number of benzene rings is 1. The summed E-state index contributed by atoms with van der Waals surface area (Å²) in [5.74, 6) is 0. The average Bonchev–Trinajstić information content (AvgIpc) is 2.49. The molecule has 1 fully saturated rings. The highest BCUT2D eigenvalue weighted by molar-refractivity contribution is 5.86. The molecule has 0 amide bonds. The maximum atomic E-state index is 4.24. The van der Waals surface area contributed by atoms with E-state index in [1.54, 1.807) is 0 Å². The van der Waals surface area contributed by atoms with Crippen molar-refractivity contribution in [3.05, 3.63) is 35.9 Å². The summed E-state index contributed by atoms with van der Waals surface area (Å²) in [6.45, 7) is 5.50. The van der Waals surface area contributed by atoms with E-state index >= 15 is 0 Å². The predicted octanol–water partition coefficient (Wildman–Crippen LogP) is 2.30. The van der Waals surface area contributed by atoms with Crippen LogP contribution in [0.3, 0.4) is 0 Å². The highest BCUT2D eigenvalue weighted by Crippen LogP contribution is 2.23. The number of piperazine rings is 1. The van der Waals surface area contributed by atoms with Gasteiger partial charge < -0.3 is 9.80 Å². The molecule has 0 N–H and O–H groups in total. The monoisotopic (exact) mass is 255 g/mol. The Labute approximate surface area is 115 Å². The number of anilines is 1. The summed E-state index contributed by atoms with van der Waals surface area (Å²) in [6, 6.07) is 9.01. The molecule has 0 atom stereocenters. The van der Waals surface area contributed by atoms with E-state index in [4.69, 9.17) is 0 Å². The van der Waals surface area contributed by atoms with E-state index in [9.17, 15) is 0 Å². The van der Waals surface area contributed by atoms with E-state index in [-0.39, 0.29) is 0 Å². The summed E-state index contributed by atoms with van der Waals surface area (Å²) in [5.41, 5.74) is 4.09. The summed E-state index contributed by atoms with van der Waals surface area (Å²) >= 11 is 0. The van der Waals surface area contributed by atoms with Crippen LogP contribution in [0.1, 0.15) is 12.0 Å². The molecule has 1 saturated heterocycles. The normalized spacial score (nSPS) is 20.5. The molecule has 100 valence electrons. The first-order valence-corrected chi connectivity index (χ1v) is 7.06. The molecule has 1 aromatic rings. The predicted molar refractivity (Wildman–Crippen MR) is 82.1 cm³/mol. The minimum absolute atomic E-state index is 0.923. The Hall–Kier alpha value is -1.61. The highest BCUT2D eigenvalue weighted by atomic mass is 15.2. The summed E-state index contributed by atoms with van der Waals surface area (Å²) in [4.78, 5) is 9.10. The van der Waals surface area contributed by atoms with Gasteiger partial charge in [0.1, 0.15) is 0 Å². The van der Waals surface area contributed by atoms with E-state index in [1.165, 1.54) is 16.8 Å². The van der Waals surface area contributed by atoms with Gasteiger partial charge in [-0.2, -0.15) is 0 Å². The van der Waals surface area contributed by atoms with Gasteiger partial charge in [-0.3, -0.25) is 4.99 Å². The molecule has 0 radical (unpaired) electrons. The minimum atomic E-state index is 0.923. The molecule has 2 aliphatic heterocycles. The number of aliphatic imine (C=N–C) groups is 1. The molecule has 0 aliphatic carbocycles. The van der Waals surface area contributed by atoms with E-state index in [0.29, 0.717) is 0 Å². The summed E-state index contributed by atoms with van der Waals surface area (Å²) in [5, 5.41) is 0. The Balaban J connectivity index is 1.72. The second-order valence-electron chi connectivity index (χ2n) is 5.33. The van der Waals surface area contributed by atoms with Gasteiger partial charge in [0.15, 0.2) is 0 Å². The average molecular weight is 255 g/mol. The SMILES string of the molecule is CN1CCN(c2ccc(C3=CC=NCC3)cc2)CC1. The van der Waals surface area contributed by atoms with Crippen molar-refractivity contribution < 1.29 is 0 Å². The van der Waals surface area contributed by atoms with Crippen LogP contribution < -0.4 is 4.90 Å². The van der Waals surface area contributed by atoms with Crippen molar-refractivity contribution in [2.24, 2.45) is 4.99 Å². The van der Waals surface area contributed by atoms with Gasteiger partial charge in [0.25, 0.3) is 0 Å². The molecule has 0 bridgehead atoms. The van der Waals surface area contributed by atoms with Crippen LogP contribution >= 0.6 is 0 Å². The van der Waals surface area contributed by atoms with Gasteiger partial charge in [-0.05, 0) is 42.8 Å². The molecule has 0 saturated carbocycles. The van der Waals surface area contributed by atoms with Crippen LogP contribution in [0.4, 0.5) is 5.69 Å². The first kappa shape index (κ1) is 12.4. The molecule has 2 heterocycles. The maximum absolute atomic E-state index is 4.24. The van der Waals surface area contributed by atoms with Crippen molar-refractivity contribution in [1.82, 2.24) is 4.90 Å². The quantitative estimate of drug-likeness (QED) is 0.807. The van der Waals surface area contributed by atoms with Gasteiger partial charge in [0.05, 0.1) is 0 Å². The van der Waals surface area contributed by atoms with Gasteiger partial charge >= 0.3 is 0 Å². The second-order valence-corrected chi connectivity index (χ2v) is 5.33. The standard InChI is InChI=1S/C16H21N3/c1-18-10-12-19(13-11-18)16-4-2-14(3-5-16)15-6-8-17-9-7-15/h2-6,8H,7,9-13H2,1H3. The van der Waals surface area contributed by atoms with Gasteiger partial charge in [0, 0.05) is 44.6 Å². The van der Waals surface area contributed by atoms with Gasteiger partial charge in [-0.15, -0.1) is 0 Å². The van der Waals surface area contributed by atoms with Crippen LogP contribution in [0.25, 0.3) is 5.57 Å². The molecule has 3 rings (SSSR count). The second kappa shape index (κ2) is 5.57. The maximum Gasteiger partial charge on any atom is 0.0429 e. The number of likely N-dealkylation sites (N-methyl/N-ethyl adjacent to an activating group) is 1. The molecular weight excluding hydrogens is 234 g/mol. The lowest BCUT2D eigenvalue weighted by atomic mass is 10.0. The largest absolute Gasteiger partial charge is 0.369 e. The van der Waals surface area contributed by atoms with E-state index in [2.05, 4.69) is 52.2 Å². The van der Waals surface area contributed by atoms with Crippen molar-refractivity contribution >= 4 is 17.5 Å². The number of allylic oxidation sites excluding steroid dienone is 1. The molecule has 0 unspecified atom stereocenters. The van der Waals surface area contributed by atoms with Crippen LogP contribution in [0.2, 0.25) is 0 Å². The number of dihydropyridines is 1. The third kappa shape index (κ3) is 2.87. The molecule has 3 heteroatoms. The van der Waals surface area contributed by atoms with Gasteiger partial charge in [-0.1, -0.05) is 12.1 Å². The number of nitrogens with zero attached hydrogens (tertiary/aromatic N) is 3. The lowest BCUT2D eigenvalue weighted by Gasteiger charge is -2.34. The van der Waals surface area contributed by atoms with Crippen LogP contribution in [-0.4, -0.2) is 50.9 Å². The Morgan fingerprint density at radius 2 is 1.74 bits per heavy atom. The lowest BCUT2D eigenvalue weighted by Crippen LogP contribution is -2.44. The van der Waals surface area contributed by atoms with Crippen molar-refractivity contribution in [2.75, 3.05) is 44.7 Å². The first-order valence-electron chi connectivity index (χ1n) is 7.06. The molecule has 2 aliphatic rings. The van der Waals surface area contributed by atoms with Crippen LogP contribution in [0.5, 0.6) is 0 Å². The Morgan fingerprint density at radius 1 is 1.00 bits per heavy atom. The topological polar surface area (TPSA) is 18.8 Å². The van der Waals surface area contributed by atoms with Crippen LogP contribution in [0.15, 0.2) is 35.3 Å². The van der Waals surface area contributed by atoms with Crippen LogP contribution in [0, 0.1) is 0 Å². The van der Waals surface area contributed by atoms with E-state index in [0.717, 1.165) is 39.1 Å². The fraction of sp³-hybridized carbons (Fsp3) is 0.438. The van der Waals surface area contributed by atoms with Crippen molar-refractivity contribution in [3.63, 3.8) is 0 Å². The number of hydrogen-bond acceptors (Lipinski definition) is 3. The third-order valence-corrected chi connectivity index (χ3v) is 4.00. The van der Waals surface area contributed by atoms with Crippen molar-refractivity contribution in [3.8, 4) is 0 Å². The molecule has 0 spiro atoms. The fourth-order valence-corrected chi connectivity index (χ4v) is 2.68. The Bertz CT molecular complexity index is 479. The Morgan fingerprint density at radius 3 is 2.37 bits per heavy atom. The van der Waals surface area contributed by atoms with E-state index in [1.807, 2.05) is 6.21 Å². The van der Waals surface area contributed by atoms with Crippen molar-refractivity contribution in [1.29, 1.82) is 0 Å². The van der Waals surface area contributed by atoms with Gasteiger partial charge in [0.2, 0.25) is 0 Å². The third-order valence-electron chi connectivity index (χ3n) is 4.00. The fourth-order valence-electron chi connectivity index (χ4n) is 2.68. The molecule has 1 aromatic carbocycles. The van der Waals surface area contributed by atoms with Crippen molar-refractivity contribution in [2.45, 2.75) is 6.42 Å².